The van der Waals surface area contributed by atoms with E-state index in [1.807, 2.05) is 0 Å². The van der Waals surface area contributed by atoms with Gasteiger partial charge in [-0.3, -0.25) is 0 Å². The molecule has 4 rings (SSSR count). The maximum atomic E-state index is 6.95. The molecule has 0 fully saturated rings. The number of benzene rings is 2. The molecule has 0 unspecified atom stereocenters. The normalized spacial score (nSPS) is 16.1. The first-order chi connectivity index (χ1) is 14.2. The van der Waals surface area contributed by atoms with Crippen LogP contribution in [0.25, 0.3) is 0 Å². The molecule has 29 heavy (non-hydrogen) atoms. The second-order valence-electron chi connectivity index (χ2n) is 6.87. The Morgan fingerprint density at radius 3 is 1.45 bits per heavy atom. The van der Waals surface area contributed by atoms with E-state index in [1.165, 1.54) is 9.79 Å². The fourth-order valence-corrected chi connectivity index (χ4v) is 13.2. The minimum atomic E-state index is -3.84. The van der Waals surface area contributed by atoms with Gasteiger partial charge in [-0.15, -0.1) is 0 Å². The molecule has 0 N–H and O–H groups in total. The summed E-state index contributed by atoms with van der Waals surface area (Å²) in [7, 11) is 0. The Labute approximate surface area is 187 Å². The summed E-state index contributed by atoms with van der Waals surface area (Å²) in [6, 6.07) is 16.7. The van der Waals surface area contributed by atoms with E-state index >= 15 is 0 Å². The Kier molecular flexibility index (Phi) is 6.89. The number of allylic oxidation sites excluding steroid dienone is 8. The van der Waals surface area contributed by atoms with Gasteiger partial charge < -0.3 is 0 Å². The van der Waals surface area contributed by atoms with Crippen molar-refractivity contribution in [2.45, 2.75) is 17.0 Å². The van der Waals surface area contributed by atoms with Gasteiger partial charge in [-0.05, 0) is 0 Å². The number of rotatable bonds is 8. The molecular weight excluding hydrogens is 476 g/mol. The average Bonchev–Trinajstić information content (AvgIpc) is 3.48. The summed E-state index contributed by atoms with van der Waals surface area (Å²) < 4.78 is 14.3. The Morgan fingerprint density at radius 2 is 1.07 bits per heavy atom. The van der Waals surface area contributed by atoms with E-state index < -0.39 is 21.1 Å². The quantitative estimate of drug-likeness (QED) is 0.352. The second kappa shape index (κ2) is 9.59. The molecule has 0 bridgehead atoms. The monoisotopic (exact) mass is 498 g/mol. The summed E-state index contributed by atoms with van der Waals surface area (Å²) in [4.78, 5) is 2.39. The van der Waals surface area contributed by atoms with Crippen molar-refractivity contribution < 1.29 is 26.8 Å². The number of thioether (sulfide) groups is 2. The van der Waals surface area contributed by atoms with Crippen molar-refractivity contribution in [3.8, 4) is 11.5 Å². The zero-order chi connectivity index (χ0) is 20.1. The predicted molar refractivity (Wildman–Crippen MR) is 122 cm³/mol. The van der Waals surface area contributed by atoms with Crippen LogP contribution in [0.5, 0.6) is 11.5 Å². The molecule has 2 nitrogen and oxygen atoms in total. The van der Waals surface area contributed by atoms with Gasteiger partial charge in [-0.1, -0.05) is 0 Å². The van der Waals surface area contributed by atoms with E-state index in [9.17, 15) is 0 Å². The van der Waals surface area contributed by atoms with E-state index in [-0.39, 0.29) is 7.25 Å². The van der Waals surface area contributed by atoms with Gasteiger partial charge in [0.05, 0.1) is 0 Å². The molecule has 148 valence electrons. The Hall–Kier alpha value is -1.42. The van der Waals surface area contributed by atoms with Crippen molar-refractivity contribution in [2.24, 2.45) is 0 Å². The Balaban J connectivity index is 1.78. The molecule has 2 aromatic rings. The summed E-state index contributed by atoms with van der Waals surface area (Å²) in [5.74, 6) is 1.80. The fraction of sp³-hybridized carbons (Fsp3) is 0.167. The third-order valence-electron chi connectivity index (χ3n) is 5.06. The van der Waals surface area contributed by atoms with Crippen LogP contribution in [-0.4, -0.2) is 12.5 Å². The molecule has 2 aliphatic rings. The summed E-state index contributed by atoms with van der Waals surface area (Å²) in [6.45, 7) is 0. The van der Waals surface area contributed by atoms with Gasteiger partial charge in [0.25, 0.3) is 0 Å². The average molecular weight is 500 g/mol. The first kappa shape index (κ1) is 20.8. The molecule has 0 amide bonds. The first-order valence-electron chi connectivity index (χ1n) is 9.59. The van der Waals surface area contributed by atoms with Crippen LogP contribution in [0, 0.1) is 0 Å². The van der Waals surface area contributed by atoms with Crippen molar-refractivity contribution in [3.05, 3.63) is 97.1 Å². The van der Waals surface area contributed by atoms with Gasteiger partial charge in [-0.25, -0.2) is 0 Å². The van der Waals surface area contributed by atoms with Crippen molar-refractivity contribution in [2.75, 3.05) is 12.5 Å². The van der Waals surface area contributed by atoms with Crippen molar-refractivity contribution >= 4 is 23.5 Å². The van der Waals surface area contributed by atoms with Gasteiger partial charge in [0.15, 0.2) is 0 Å². The standard InChI is InChI=1S/2C7H8OS.2C5H5.Zr/c2*1-9-7-4-2-3-6(8)5-7;2*1-2-4-5-3-1;/h2*2-5,8H,1H3;2*1-5H;/q;;;;+2/p-2. The minimum absolute atomic E-state index is 0.192. The molecule has 0 saturated carbocycles. The van der Waals surface area contributed by atoms with Crippen LogP contribution in [0.1, 0.15) is 0 Å². The van der Waals surface area contributed by atoms with E-state index in [0.29, 0.717) is 0 Å². The molecule has 5 heteroatoms. The molecule has 0 heterocycles. The second-order valence-corrected chi connectivity index (χ2v) is 16.5. The molecule has 2 aromatic carbocycles. The van der Waals surface area contributed by atoms with Crippen LogP contribution < -0.4 is 5.63 Å². The molecule has 0 atom stereocenters. The summed E-state index contributed by atoms with van der Waals surface area (Å²) >= 11 is -0.385. The molecule has 0 saturated heterocycles. The third kappa shape index (κ3) is 4.68. The molecule has 2 aliphatic carbocycles. The van der Waals surface area contributed by atoms with Crippen molar-refractivity contribution in [3.63, 3.8) is 0 Å². The molecule has 0 radical (unpaired) electrons. The van der Waals surface area contributed by atoms with E-state index in [4.69, 9.17) is 5.63 Å². The SMILES string of the molecule is CSc1cccc([O][Zr]([O]c2cccc(SC)c2)([CH]2C=CC=C2)[CH]2C=CC=C2)c1. The number of hydrogen-bond acceptors (Lipinski definition) is 4. The maximum absolute atomic E-state index is 6.95. The topological polar surface area (TPSA) is 18.5 Å². The van der Waals surface area contributed by atoms with Crippen LogP contribution >= 0.6 is 23.5 Å². The zero-order valence-electron chi connectivity index (χ0n) is 16.5. The first-order valence-corrected chi connectivity index (χ1v) is 16.9. The summed E-state index contributed by atoms with van der Waals surface area (Å²) in [5.41, 5.74) is 0. The summed E-state index contributed by atoms with van der Waals surface area (Å²) in [6.07, 6.45) is 21.6. The van der Waals surface area contributed by atoms with Crippen molar-refractivity contribution in [1.82, 2.24) is 0 Å². The summed E-state index contributed by atoms with van der Waals surface area (Å²) in [5, 5.41) is 0. The van der Waals surface area contributed by atoms with Crippen molar-refractivity contribution in [1.29, 1.82) is 0 Å². The van der Waals surface area contributed by atoms with E-state index in [2.05, 4.69) is 110 Å². The Bertz CT molecular complexity index is 877. The van der Waals surface area contributed by atoms with E-state index in [0.717, 1.165) is 11.5 Å². The third-order valence-corrected chi connectivity index (χ3v) is 15.7. The van der Waals surface area contributed by atoms with Crippen LogP contribution in [0.4, 0.5) is 0 Å². The van der Waals surface area contributed by atoms with Crippen LogP contribution in [-0.2, 0) is 21.1 Å². The van der Waals surface area contributed by atoms with E-state index in [1.54, 1.807) is 23.5 Å². The van der Waals surface area contributed by atoms with Crippen LogP contribution in [0.15, 0.2) is 107 Å². The van der Waals surface area contributed by atoms with Gasteiger partial charge >= 0.3 is 188 Å². The fourth-order valence-electron chi connectivity index (χ4n) is 3.61. The molecule has 0 spiro atoms. The van der Waals surface area contributed by atoms with Crippen LogP contribution in [0.3, 0.4) is 0 Å². The van der Waals surface area contributed by atoms with Gasteiger partial charge in [-0.2, -0.15) is 0 Å². The van der Waals surface area contributed by atoms with Gasteiger partial charge in [0, 0.05) is 0 Å². The zero-order valence-corrected chi connectivity index (χ0v) is 20.6. The predicted octanol–water partition coefficient (Wildman–Crippen LogP) is 7.40. The van der Waals surface area contributed by atoms with Gasteiger partial charge in [0.2, 0.25) is 0 Å². The van der Waals surface area contributed by atoms with Gasteiger partial charge in [0.1, 0.15) is 0 Å². The molecule has 0 aromatic heterocycles. The Morgan fingerprint density at radius 1 is 0.655 bits per heavy atom. The molecular formula is C24H24O2S2Zr. The molecule has 0 aliphatic heterocycles. The van der Waals surface area contributed by atoms with Crippen LogP contribution in [0.2, 0.25) is 7.25 Å². The number of hydrogen-bond donors (Lipinski definition) is 0.